The molecule has 0 aromatic rings. The van der Waals surface area contributed by atoms with E-state index >= 15 is 0 Å². The molecule has 1 aliphatic heterocycles. The smallest absolute Gasteiger partial charge is 0.0195 e. The zero-order valence-corrected chi connectivity index (χ0v) is 11.2. The van der Waals surface area contributed by atoms with Crippen LogP contribution < -0.4 is 0 Å². The van der Waals surface area contributed by atoms with Crippen molar-refractivity contribution in [2.24, 2.45) is 5.92 Å². The Morgan fingerprint density at radius 1 is 1.13 bits per heavy atom. The second-order valence-electron chi connectivity index (χ2n) is 5.67. The van der Waals surface area contributed by atoms with E-state index in [2.05, 4.69) is 44.5 Å². The van der Waals surface area contributed by atoms with E-state index in [9.17, 15) is 0 Å². The molecule has 15 heavy (non-hydrogen) atoms. The highest BCUT2D eigenvalue weighted by Gasteiger charge is 2.25. The van der Waals surface area contributed by atoms with Crippen LogP contribution in [0.1, 0.15) is 40.5 Å². The van der Waals surface area contributed by atoms with E-state index in [1.54, 1.807) is 0 Å². The van der Waals surface area contributed by atoms with Crippen LogP contribution >= 0.6 is 0 Å². The van der Waals surface area contributed by atoms with Gasteiger partial charge in [0.05, 0.1) is 0 Å². The SMILES string of the molecule is CC(C)CCCN1C[C@@H](C)N(C)C[C@H]1C. The molecule has 0 aliphatic carbocycles. The molecule has 1 aliphatic rings. The maximum atomic E-state index is 2.66. The highest BCUT2D eigenvalue weighted by atomic mass is 15.3. The number of piperazine rings is 1. The first-order valence-corrected chi connectivity index (χ1v) is 6.45. The van der Waals surface area contributed by atoms with Gasteiger partial charge in [0.1, 0.15) is 0 Å². The summed E-state index contributed by atoms with van der Waals surface area (Å²) in [5.74, 6) is 0.852. The Hall–Kier alpha value is -0.0800. The molecule has 90 valence electrons. The van der Waals surface area contributed by atoms with Crippen molar-refractivity contribution in [2.75, 3.05) is 26.7 Å². The molecule has 2 atom stereocenters. The van der Waals surface area contributed by atoms with Gasteiger partial charge < -0.3 is 4.90 Å². The van der Waals surface area contributed by atoms with E-state index in [1.165, 1.54) is 32.5 Å². The maximum absolute atomic E-state index is 2.66. The van der Waals surface area contributed by atoms with Crippen molar-refractivity contribution in [1.82, 2.24) is 9.80 Å². The van der Waals surface area contributed by atoms with Crippen molar-refractivity contribution in [2.45, 2.75) is 52.6 Å². The molecule has 1 rings (SSSR count). The van der Waals surface area contributed by atoms with Crippen LogP contribution in [0.2, 0.25) is 0 Å². The highest BCUT2D eigenvalue weighted by Crippen LogP contribution is 2.15. The van der Waals surface area contributed by atoms with E-state index < -0.39 is 0 Å². The molecule has 0 aromatic heterocycles. The molecule has 0 radical (unpaired) electrons. The summed E-state index contributed by atoms with van der Waals surface area (Å²) in [6, 6.07) is 1.46. The van der Waals surface area contributed by atoms with Crippen LogP contribution in [0.25, 0.3) is 0 Å². The molecular formula is C13H28N2. The average Bonchev–Trinajstić information content (AvgIpc) is 2.13. The molecule has 2 heteroatoms. The quantitative estimate of drug-likeness (QED) is 0.706. The summed E-state index contributed by atoms with van der Waals surface area (Å²) in [7, 11) is 2.24. The molecule has 0 bridgehead atoms. The van der Waals surface area contributed by atoms with Crippen LogP contribution in [0.5, 0.6) is 0 Å². The molecule has 0 spiro atoms. The van der Waals surface area contributed by atoms with Gasteiger partial charge in [0.15, 0.2) is 0 Å². The molecular weight excluding hydrogens is 184 g/mol. The second-order valence-corrected chi connectivity index (χ2v) is 5.67. The van der Waals surface area contributed by atoms with Crippen molar-refractivity contribution in [1.29, 1.82) is 0 Å². The number of hydrogen-bond acceptors (Lipinski definition) is 2. The van der Waals surface area contributed by atoms with Gasteiger partial charge in [-0.2, -0.15) is 0 Å². The third-order valence-electron chi connectivity index (χ3n) is 3.65. The van der Waals surface area contributed by atoms with Gasteiger partial charge in [-0.1, -0.05) is 13.8 Å². The summed E-state index contributed by atoms with van der Waals surface area (Å²) in [4.78, 5) is 5.14. The largest absolute Gasteiger partial charge is 0.301 e. The summed E-state index contributed by atoms with van der Waals surface area (Å²) < 4.78 is 0. The topological polar surface area (TPSA) is 6.48 Å². The fourth-order valence-corrected chi connectivity index (χ4v) is 2.39. The predicted molar refractivity (Wildman–Crippen MR) is 67.2 cm³/mol. The van der Waals surface area contributed by atoms with Gasteiger partial charge >= 0.3 is 0 Å². The fourth-order valence-electron chi connectivity index (χ4n) is 2.39. The molecule has 0 unspecified atom stereocenters. The third-order valence-corrected chi connectivity index (χ3v) is 3.65. The van der Waals surface area contributed by atoms with Crippen LogP contribution in [-0.4, -0.2) is 48.6 Å². The van der Waals surface area contributed by atoms with Crippen LogP contribution in [-0.2, 0) is 0 Å². The van der Waals surface area contributed by atoms with Crippen molar-refractivity contribution in [3.63, 3.8) is 0 Å². The van der Waals surface area contributed by atoms with Crippen molar-refractivity contribution in [3.8, 4) is 0 Å². The standard InChI is InChI=1S/C13H28N2/c1-11(2)7-6-8-15-10-12(3)14(5)9-13(15)4/h11-13H,6-10H2,1-5H3/t12-,13-/m1/s1. The third kappa shape index (κ3) is 4.12. The minimum atomic E-state index is 0.722. The van der Waals surface area contributed by atoms with Crippen molar-refractivity contribution in [3.05, 3.63) is 0 Å². The first kappa shape index (κ1) is 13.0. The zero-order valence-electron chi connectivity index (χ0n) is 11.2. The van der Waals surface area contributed by atoms with Crippen LogP contribution in [0.15, 0.2) is 0 Å². The Morgan fingerprint density at radius 2 is 1.80 bits per heavy atom. The lowest BCUT2D eigenvalue weighted by Crippen LogP contribution is -2.54. The maximum Gasteiger partial charge on any atom is 0.0195 e. The summed E-state index contributed by atoms with van der Waals surface area (Å²) in [6.45, 7) is 13.1. The first-order valence-electron chi connectivity index (χ1n) is 6.45. The van der Waals surface area contributed by atoms with Gasteiger partial charge in [-0.25, -0.2) is 0 Å². The summed E-state index contributed by atoms with van der Waals surface area (Å²) in [6.07, 6.45) is 2.73. The highest BCUT2D eigenvalue weighted by molar-refractivity contribution is 4.82. The summed E-state index contributed by atoms with van der Waals surface area (Å²) >= 11 is 0. The normalized spacial score (nSPS) is 30.0. The van der Waals surface area contributed by atoms with Crippen LogP contribution in [0.3, 0.4) is 0 Å². The lowest BCUT2D eigenvalue weighted by Gasteiger charge is -2.42. The van der Waals surface area contributed by atoms with E-state index in [1.807, 2.05) is 0 Å². The van der Waals surface area contributed by atoms with Crippen LogP contribution in [0, 0.1) is 5.92 Å². The van der Waals surface area contributed by atoms with Crippen molar-refractivity contribution < 1.29 is 0 Å². The minimum absolute atomic E-state index is 0.722. The van der Waals surface area contributed by atoms with Gasteiger partial charge in [0, 0.05) is 25.2 Å². The minimum Gasteiger partial charge on any atom is -0.301 e. The monoisotopic (exact) mass is 212 g/mol. The van der Waals surface area contributed by atoms with Gasteiger partial charge in [-0.3, -0.25) is 4.90 Å². The molecule has 1 heterocycles. The molecule has 0 amide bonds. The van der Waals surface area contributed by atoms with Gasteiger partial charge in [-0.05, 0) is 46.2 Å². The van der Waals surface area contributed by atoms with Crippen LogP contribution in [0.4, 0.5) is 0 Å². The lowest BCUT2D eigenvalue weighted by atomic mass is 10.1. The average molecular weight is 212 g/mol. The number of nitrogens with zero attached hydrogens (tertiary/aromatic N) is 2. The molecule has 0 N–H and O–H groups in total. The molecule has 2 nitrogen and oxygen atoms in total. The number of likely N-dealkylation sites (N-methyl/N-ethyl adjacent to an activating group) is 1. The van der Waals surface area contributed by atoms with E-state index in [-0.39, 0.29) is 0 Å². The molecule has 0 saturated carbocycles. The Balaban J connectivity index is 2.28. The first-order chi connectivity index (χ1) is 7.00. The second kappa shape index (κ2) is 5.86. The lowest BCUT2D eigenvalue weighted by molar-refractivity contribution is 0.0583. The fraction of sp³-hybridized carbons (Fsp3) is 1.00. The number of hydrogen-bond donors (Lipinski definition) is 0. The Morgan fingerprint density at radius 3 is 2.40 bits per heavy atom. The Kier molecular flexibility index (Phi) is 5.07. The Bertz CT molecular complexity index is 179. The predicted octanol–water partition coefficient (Wildman–Crippen LogP) is 2.45. The van der Waals surface area contributed by atoms with Gasteiger partial charge in [0.2, 0.25) is 0 Å². The summed E-state index contributed by atoms with van der Waals surface area (Å²) in [5, 5.41) is 0. The van der Waals surface area contributed by atoms with Gasteiger partial charge in [-0.15, -0.1) is 0 Å². The number of rotatable bonds is 4. The van der Waals surface area contributed by atoms with E-state index in [0.717, 1.165) is 18.0 Å². The summed E-state index contributed by atoms with van der Waals surface area (Å²) in [5.41, 5.74) is 0. The molecule has 0 aromatic carbocycles. The zero-order chi connectivity index (χ0) is 11.4. The van der Waals surface area contributed by atoms with Gasteiger partial charge in [0.25, 0.3) is 0 Å². The van der Waals surface area contributed by atoms with Crippen molar-refractivity contribution >= 4 is 0 Å². The molecule has 1 saturated heterocycles. The Labute approximate surface area is 95.6 Å². The van der Waals surface area contributed by atoms with E-state index in [4.69, 9.17) is 0 Å². The molecule has 1 fully saturated rings. The van der Waals surface area contributed by atoms with E-state index in [0.29, 0.717) is 0 Å².